The molecule has 0 radical (unpaired) electrons. The van der Waals surface area contributed by atoms with Gasteiger partial charge in [-0.25, -0.2) is 0 Å². The summed E-state index contributed by atoms with van der Waals surface area (Å²) in [6.07, 6.45) is 0.970. The van der Waals surface area contributed by atoms with Crippen LogP contribution in [-0.4, -0.2) is 0 Å². The van der Waals surface area contributed by atoms with E-state index in [0.717, 1.165) is 12.2 Å². The van der Waals surface area contributed by atoms with Crippen molar-refractivity contribution in [1.82, 2.24) is 0 Å². The van der Waals surface area contributed by atoms with Crippen LogP contribution >= 0.6 is 9.47 Å². The molecule has 1 atom stereocenters. The Labute approximate surface area is 126 Å². The monoisotopic (exact) mass is 290 g/mol. The second-order valence-electron chi connectivity index (χ2n) is 5.28. The van der Waals surface area contributed by atoms with E-state index in [1.807, 2.05) is 6.07 Å². The van der Waals surface area contributed by atoms with Crippen molar-refractivity contribution < 1.29 is 4.52 Å². The topological polar surface area (TPSA) is 9.23 Å². The molecule has 4 rings (SSSR count). The van der Waals surface area contributed by atoms with Crippen LogP contribution in [0, 0.1) is 0 Å². The van der Waals surface area contributed by atoms with Crippen molar-refractivity contribution in [2.45, 2.75) is 6.42 Å². The van der Waals surface area contributed by atoms with Gasteiger partial charge in [0.15, 0.2) is 0 Å². The summed E-state index contributed by atoms with van der Waals surface area (Å²) < 4.78 is 5.54. The summed E-state index contributed by atoms with van der Waals surface area (Å²) in [6, 6.07) is 23.4. The van der Waals surface area contributed by atoms with Crippen molar-refractivity contribution in [1.29, 1.82) is 0 Å². The molecule has 3 aromatic rings. The molecular formula is C19H15OP. The van der Waals surface area contributed by atoms with Crippen LogP contribution in [0.2, 0.25) is 0 Å². The molecule has 0 aliphatic heterocycles. The number of fused-ring (bicyclic) bond motifs is 3. The molecule has 1 unspecified atom stereocenters. The van der Waals surface area contributed by atoms with Crippen molar-refractivity contribution in [2.24, 2.45) is 0 Å². The van der Waals surface area contributed by atoms with E-state index in [1.54, 1.807) is 0 Å². The van der Waals surface area contributed by atoms with Gasteiger partial charge in [-0.1, -0.05) is 60.7 Å². The zero-order valence-corrected chi connectivity index (χ0v) is 12.7. The zero-order chi connectivity index (χ0) is 14.2. The van der Waals surface area contributed by atoms with Gasteiger partial charge in [-0.2, -0.15) is 0 Å². The van der Waals surface area contributed by atoms with Crippen molar-refractivity contribution in [2.75, 3.05) is 0 Å². The lowest BCUT2D eigenvalue weighted by Gasteiger charge is -2.14. The van der Waals surface area contributed by atoms with Crippen molar-refractivity contribution in [3.05, 3.63) is 77.9 Å². The van der Waals surface area contributed by atoms with E-state index in [9.17, 15) is 0 Å². The van der Waals surface area contributed by atoms with Crippen LogP contribution in [0.15, 0.2) is 66.7 Å². The van der Waals surface area contributed by atoms with Crippen molar-refractivity contribution in [3.8, 4) is 28.0 Å². The average Bonchev–Trinajstić information content (AvgIpc) is 2.93. The SMILES string of the molecule is POc1ccc2c(c1-c1ccccc1)Cc1ccccc1-2. The van der Waals surface area contributed by atoms with Crippen LogP contribution in [0.3, 0.4) is 0 Å². The normalized spacial score (nSPS) is 11.9. The number of benzene rings is 3. The lowest BCUT2D eigenvalue weighted by Crippen LogP contribution is -1.91. The van der Waals surface area contributed by atoms with E-state index in [2.05, 4.69) is 70.1 Å². The van der Waals surface area contributed by atoms with Crippen LogP contribution in [0.25, 0.3) is 22.3 Å². The van der Waals surface area contributed by atoms with Crippen molar-refractivity contribution >= 4 is 9.47 Å². The smallest absolute Gasteiger partial charge is 0.130 e. The molecule has 2 heteroatoms. The first-order valence-electron chi connectivity index (χ1n) is 7.05. The van der Waals surface area contributed by atoms with E-state index in [-0.39, 0.29) is 0 Å². The first kappa shape index (κ1) is 12.6. The van der Waals surface area contributed by atoms with E-state index in [0.29, 0.717) is 0 Å². The third kappa shape index (κ3) is 1.97. The molecule has 0 aromatic heterocycles. The molecular weight excluding hydrogens is 275 g/mol. The van der Waals surface area contributed by atoms with E-state index in [1.165, 1.54) is 33.4 Å². The summed E-state index contributed by atoms with van der Waals surface area (Å²) in [6.45, 7) is 0. The fourth-order valence-electron chi connectivity index (χ4n) is 3.21. The number of hydrogen-bond acceptors (Lipinski definition) is 1. The summed E-state index contributed by atoms with van der Waals surface area (Å²) in [4.78, 5) is 0. The van der Waals surface area contributed by atoms with Gasteiger partial charge < -0.3 is 4.52 Å². The lowest BCUT2D eigenvalue weighted by atomic mass is 9.95. The van der Waals surface area contributed by atoms with Gasteiger partial charge in [0.25, 0.3) is 0 Å². The fraction of sp³-hybridized carbons (Fsp3) is 0.0526. The van der Waals surface area contributed by atoms with E-state index < -0.39 is 0 Å². The lowest BCUT2D eigenvalue weighted by molar-refractivity contribution is 0.648. The Bertz CT molecular complexity index is 809. The summed E-state index contributed by atoms with van der Waals surface area (Å²) >= 11 is 0. The molecule has 1 aliphatic rings. The summed E-state index contributed by atoms with van der Waals surface area (Å²) in [5.41, 5.74) is 7.85. The molecule has 0 amide bonds. The van der Waals surface area contributed by atoms with E-state index in [4.69, 9.17) is 4.52 Å². The number of hydrogen-bond donors (Lipinski definition) is 0. The molecule has 1 nitrogen and oxygen atoms in total. The molecule has 0 saturated heterocycles. The standard InChI is InChI=1S/C19H15OP/c21-20-18-11-10-16-15-9-5-4-8-14(15)12-17(16)19(18)13-6-2-1-3-7-13/h1-11H,12,21H2. The Morgan fingerprint density at radius 3 is 2.33 bits per heavy atom. The molecule has 0 saturated carbocycles. The van der Waals surface area contributed by atoms with Gasteiger partial charge in [-0.15, -0.1) is 0 Å². The predicted molar refractivity (Wildman–Crippen MR) is 90.5 cm³/mol. The number of rotatable bonds is 2. The Balaban J connectivity index is 2.00. The Morgan fingerprint density at radius 2 is 1.52 bits per heavy atom. The maximum Gasteiger partial charge on any atom is 0.130 e. The minimum Gasteiger partial charge on any atom is -0.480 e. The van der Waals surface area contributed by atoms with Crippen molar-refractivity contribution in [3.63, 3.8) is 0 Å². The molecule has 0 spiro atoms. The van der Waals surface area contributed by atoms with Gasteiger partial charge >= 0.3 is 0 Å². The minimum atomic E-state index is 0.915. The first-order valence-corrected chi connectivity index (χ1v) is 7.52. The van der Waals surface area contributed by atoms with Crippen LogP contribution in [0.1, 0.15) is 11.1 Å². The maximum atomic E-state index is 5.54. The third-order valence-electron chi connectivity index (χ3n) is 4.14. The highest BCUT2D eigenvalue weighted by Crippen LogP contribution is 2.45. The Kier molecular flexibility index (Phi) is 3.02. The molecule has 0 fully saturated rings. The Morgan fingerprint density at radius 1 is 0.762 bits per heavy atom. The second kappa shape index (κ2) is 5.02. The first-order chi connectivity index (χ1) is 10.4. The second-order valence-corrected chi connectivity index (χ2v) is 5.52. The highest BCUT2D eigenvalue weighted by atomic mass is 31.0. The molecule has 3 aromatic carbocycles. The van der Waals surface area contributed by atoms with Gasteiger partial charge in [-0.3, -0.25) is 0 Å². The predicted octanol–water partition coefficient (Wildman–Crippen LogP) is 5.09. The maximum absolute atomic E-state index is 5.54. The molecule has 0 N–H and O–H groups in total. The Hall–Kier alpha value is -2.11. The van der Waals surface area contributed by atoms with Gasteiger partial charge in [0.05, 0.1) is 9.47 Å². The minimum absolute atomic E-state index is 0.915. The molecule has 0 bridgehead atoms. The average molecular weight is 290 g/mol. The largest absolute Gasteiger partial charge is 0.480 e. The molecule has 21 heavy (non-hydrogen) atoms. The quantitative estimate of drug-likeness (QED) is 0.467. The summed E-state index contributed by atoms with van der Waals surface area (Å²) in [7, 11) is 2.37. The fourth-order valence-corrected chi connectivity index (χ4v) is 3.41. The molecule has 102 valence electrons. The highest BCUT2D eigenvalue weighted by molar-refractivity contribution is 7.10. The van der Waals surface area contributed by atoms with Gasteiger partial charge in [0, 0.05) is 5.56 Å². The van der Waals surface area contributed by atoms with Crippen LogP contribution in [0.4, 0.5) is 0 Å². The highest BCUT2D eigenvalue weighted by Gasteiger charge is 2.23. The third-order valence-corrected chi connectivity index (χ3v) is 4.39. The summed E-state index contributed by atoms with van der Waals surface area (Å²) in [5, 5.41) is 0. The van der Waals surface area contributed by atoms with Gasteiger partial charge in [0.2, 0.25) is 0 Å². The van der Waals surface area contributed by atoms with Gasteiger partial charge in [-0.05, 0) is 40.3 Å². The summed E-state index contributed by atoms with van der Waals surface area (Å²) in [5.74, 6) is 0.915. The van der Waals surface area contributed by atoms with E-state index >= 15 is 0 Å². The van der Waals surface area contributed by atoms with Crippen LogP contribution < -0.4 is 4.52 Å². The van der Waals surface area contributed by atoms with Crippen LogP contribution in [-0.2, 0) is 6.42 Å². The van der Waals surface area contributed by atoms with Gasteiger partial charge in [0.1, 0.15) is 5.75 Å². The molecule has 1 aliphatic carbocycles. The van der Waals surface area contributed by atoms with Crippen LogP contribution in [0.5, 0.6) is 5.75 Å². The zero-order valence-electron chi connectivity index (χ0n) is 11.5. The molecule has 0 heterocycles.